The Kier molecular flexibility index (Phi) is 2.33. The van der Waals surface area contributed by atoms with Gasteiger partial charge in [-0.2, -0.15) is 10.5 Å². The van der Waals surface area contributed by atoms with Crippen molar-refractivity contribution in [1.29, 1.82) is 10.5 Å². The Hall–Kier alpha value is -2.41. The number of nitriles is 2. The van der Waals surface area contributed by atoms with E-state index >= 15 is 0 Å². The van der Waals surface area contributed by atoms with Crippen LogP contribution in [0.1, 0.15) is 18.4 Å². The van der Waals surface area contributed by atoms with Gasteiger partial charge in [-0.15, -0.1) is 0 Å². The van der Waals surface area contributed by atoms with Crippen molar-refractivity contribution in [3.8, 4) is 12.1 Å². The van der Waals surface area contributed by atoms with E-state index < -0.39 is 16.7 Å². The molecule has 2 heterocycles. The summed E-state index contributed by atoms with van der Waals surface area (Å²) in [6.07, 6.45) is -0.169. The van der Waals surface area contributed by atoms with Gasteiger partial charge in [0.05, 0.1) is 24.8 Å². The monoisotopic (exact) mass is 295 g/mol. The van der Waals surface area contributed by atoms with E-state index in [-0.39, 0.29) is 17.9 Å². The smallest absolute Gasteiger partial charge is 0.311 e. The fraction of sp³-hybridized carbons (Fsp3) is 0.438. The fourth-order valence-electron chi connectivity index (χ4n) is 4.11. The van der Waals surface area contributed by atoms with Gasteiger partial charge in [-0.1, -0.05) is 30.3 Å². The molecule has 22 heavy (non-hydrogen) atoms. The summed E-state index contributed by atoms with van der Waals surface area (Å²) >= 11 is 0. The third kappa shape index (κ3) is 1.13. The van der Waals surface area contributed by atoms with Crippen molar-refractivity contribution in [2.24, 2.45) is 16.6 Å². The molecule has 1 saturated carbocycles. The maximum atomic E-state index is 9.95. The number of nitrogens with two attached hydrogens (primary N) is 1. The molecule has 0 aromatic heterocycles. The first-order valence-electron chi connectivity index (χ1n) is 7.18. The molecular formula is C16H15N4O2+. The second kappa shape index (κ2) is 3.86. The highest BCUT2D eigenvalue weighted by atomic mass is 16.8. The number of hydrogen-bond acceptors (Lipinski definition) is 5. The average Bonchev–Trinajstić information content (AvgIpc) is 2.93. The van der Waals surface area contributed by atoms with Crippen LogP contribution in [0.25, 0.3) is 0 Å². The maximum absolute atomic E-state index is 9.95. The van der Waals surface area contributed by atoms with Crippen molar-refractivity contribution in [3.63, 3.8) is 0 Å². The number of ether oxygens (including phenoxy) is 2. The van der Waals surface area contributed by atoms with Crippen molar-refractivity contribution < 1.29 is 14.5 Å². The van der Waals surface area contributed by atoms with Crippen molar-refractivity contribution >= 4 is 5.84 Å². The molecule has 1 aromatic carbocycles. The van der Waals surface area contributed by atoms with Gasteiger partial charge in [0, 0.05) is 5.92 Å². The number of fused-ring (bicyclic) bond motifs is 2. The van der Waals surface area contributed by atoms with E-state index in [4.69, 9.17) is 15.2 Å². The molecule has 6 nitrogen and oxygen atoms in total. The van der Waals surface area contributed by atoms with Crippen LogP contribution >= 0.6 is 0 Å². The normalized spacial score (nSPS) is 45.0. The molecule has 1 saturated heterocycles. The molecule has 3 N–H and O–H groups in total. The van der Waals surface area contributed by atoms with Crippen LogP contribution in [0.5, 0.6) is 0 Å². The predicted molar refractivity (Wildman–Crippen MR) is 74.7 cm³/mol. The van der Waals surface area contributed by atoms with E-state index in [1.54, 1.807) is 0 Å². The van der Waals surface area contributed by atoms with Crippen LogP contribution < -0.4 is 10.7 Å². The molecule has 0 radical (unpaired) electrons. The highest BCUT2D eigenvalue weighted by molar-refractivity contribution is 5.95. The molecule has 2 aliphatic heterocycles. The van der Waals surface area contributed by atoms with Crippen molar-refractivity contribution in [2.45, 2.75) is 24.9 Å². The van der Waals surface area contributed by atoms with Crippen LogP contribution in [0.3, 0.4) is 0 Å². The van der Waals surface area contributed by atoms with E-state index in [1.807, 2.05) is 37.3 Å². The van der Waals surface area contributed by atoms with E-state index in [0.717, 1.165) is 5.56 Å². The minimum absolute atomic E-state index is 0.169. The highest BCUT2D eigenvalue weighted by Crippen LogP contribution is 2.79. The van der Waals surface area contributed by atoms with Gasteiger partial charge in [-0.25, -0.2) is 4.99 Å². The van der Waals surface area contributed by atoms with Gasteiger partial charge in [0.1, 0.15) is 0 Å². The standard InChI is InChI=1S/C16H14N4O2/c1-10-7-21-16(22-10)15(9-18)12(11-5-3-2-4-6-11)14(15,8-17)13(19)20-16/h2-6,10,12H,7H2,1H3,(H2,19,20)/p+1/t10-,12+,14+,15+,16-/m0/s1. The summed E-state index contributed by atoms with van der Waals surface area (Å²) in [4.78, 5) is 2.95. The van der Waals surface area contributed by atoms with Gasteiger partial charge in [-0.05, 0) is 12.5 Å². The van der Waals surface area contributed by atoms with Crippen molar-refractivity contribution in [3.05, 3.63) is 35.9 Å². The summed E-state index contributed by atoms with van der Waals surface area (Å²) in [5.74, 6) is -1.47. The second-order valence-corrected chi connectivity index (χ2v) is 6.08. The minimum atomic E-state index is -1.35. The highest BCUT2D eigenvalue weighted by Gasteiger charge is 2.97. The van der Waals surface area contributed by atoms with Crippen molar-refractivity contribution in [1.82, 2.24) is 0 Å². The molecule has 1 aliphatic carbocycles. The lowest BCUT2D eigenvalue weighted by atomic mass is 9.94. The Morgan fingerprint density at radius 1 is 1.27 bits per heavy atom. The number of benzene rings is 1. The molecule has 4 rings (SSSR count). The second-order valence-electron chi connectivity index (χ2n) is 6.08. The molecule has 0 bridgehead atoms. The largest absolute Gasteiger partial charge is 0.343 e. The number of nitrogens with zero attached hydrogens (tertiary/aromatic N) is 2. The molecule has 3 aliphatic rings. The average molecular weight is 295 g/mol. The Balaban J connectivity index is 1.93. The van der Waals surface area contributed by atoms with Crippen LogP contribution in [0, 0.1) is 33.5 Å². The van der Waals surface area contributed by atoms with E-state index in [2.05, 4.69) is 17.1 Å². The lowest BCUT2D eigenvalue weighted by Crippen LogP contribution is -2.90. The van der Waals surface area contributed by atoms with Crippen LogP contribution in [0.15, 0.2) is 30.3 Å². The van der Waals surface area contributed by atoms with Crippen LogP contribution in [-0.2, 0) is 9.47 Å². The lowest BCUT2D eigenvalue weighted by molar-refractivity contribution is -0.677. The Labute approximate surface area is 127 Å². The molecule has 0 unspecified atom stereocenters. The number of rotatable bonds is 1. The summed E-state index contributed by atoms with van der Waals surface area (Å²) in [5.41, 5.74) is 4.71. The van der Waals surface area contributed by atoms with Gasteiger partial charge in [-0.3, -0.25) is 5.73 Å². The van der Waals surface area contributed by atoms with Crippen LogP contribution in [0.2, 0.25) is 0 Å². The third-order valence-corrected chi connectivity index (χ3v) is 5.02. The summed E-state index contributed by atoms with van der Waals surface area (Å²) in [6.45, 7) is 2.22. The number of nitrogens with one attached hydrogen (secondary N) is 1. The summed E-state index contributed by atoms with van der Waals surface area (Å²) in [5, 5.41) is 19.8. The fourth-order valence-corrected chi connectivity index (χ4v) is 4.11. The van der Waals surface area contributed by atoms with Gasteiger partial charge >= 0.3 is 5.91 Å². The first-order valence-corrected chi connectivity index (χ1v) is 7.18. The zero-order valence-corrected chi connectivity index (χ0v) is 12.0. The van der Waals surface area contributed by atoms with Crippen LogP contribution in [-0.4, -0.2) is 24.5 Å². The zero-order chi connectivity index (χ0) is 15.6. The summed E-state index contributed by atoms with van der Waals surface area (Å²) < 4.78 is 11.7. The quantitative estimate of drug-likeness (QED) is 0.715. The van der Waals surface area contributed by atoms with Gasteiger partial charge in [0.15, 0.2) is 10.8 Å². The third-order valence-electron chi connectivity index (χ3n) is 5.02. The molecular weight excluding hydrogens is 280 g/mol. The minimum Gasteiger partial charge on any atom is -0.311 e. The Morgan fingerprint density at radius 2 is 2.00 bits per heavy atom. The van der Waals surface area contributed by atoms with Crippen LogP contribution in [0.4, 0.5) is 0 Å². The maximum Gasteiger partial charge on any atom is 0.343 e. The Morgan fingerprint density at radius 3 is 2.55 bits per heavy atom. The molecule has 2 fully saturated rings. The molecule has 6 heteroatoms. The number of hydrogen-bond donors (Lipinski definition) is 2. The molecule has 110 valence electrons. The predicted octanol–water partition coefficient (Wildman–Crippen LogP) is -0.656. The van der Waals surface area contributed by atoms with Gasteiger partial charge in [0.2, 0.25) is 0 Å². The first-order chi connectivity index (χ1) is 10.6. The van der Waals surface area contributed by atoms with E-state index in [0.29, 0.717) is 6.61 Å². The zero-order valence-electron chi connectivity index (χ0n) is 12.0. The SMILES string of the molecule is C[C@H]1CO[C@]2([NH+]=C(N)[C@@]3(C#N)[C@@H](c4ccccc4)[C@@]23C#N)O1. The Bertz CT molecular complexity index is 765. The summed E-state index contributed by atoms with van der Waals surface area (Å²) in [7, 11) is 0. The topological polar surface area (TPSA) is 106 Å². The van der Waals surface area contributed by atoms with E-state index in [9.17, 15) is 10.5 Å². The molecule has 5 atom stereocenters. The number of amidine groups is 1. The molecule has 0 amide bonds. The summed E-state index contributed by atoms with van der Waals surface area (Å²) in [6, 6.07) is 14.0. The lowest BCUT2D eigenvalue weighted by Gasteiger charge is -2.23. The van der Waals surface area contributed by atoms with E-state index in [1.165, 1.54) is 0 Å². The molecule has 1 aromatic rings. The van der Waals surface area contributed by atoms with Crippen molar-refractivity contribution in [2.75, 3.05) is 6.61 Å². The van der Waals surface area contributed by atoms with Gasteiger partial charge < -0.3 is 9.47 Å². The molecule has 1 spiro atoms. The van der Waals surface area contributed by atoms with Gasteiger partial charge in [0.25, 0.3) is 5.84 Å². The first kappa shape index (κ1) is 13.3.